The zero-order chi connectivity index (χ0) is 19.2. The highest BCUT2D eigenvalue weighted by Gasteiger charge is 2.23. The average molecular weight is 362 g/mol. The van der Waals surface area contributed by atoms with Crippen molar-refractivity contribution in [3.8, 4) is 6.07 Å². The van der Waals surface area contributed by atoms with Crippen molar-refractivity contribution < 1.29 is 9.53 Å². The van der Waals surface area contributed by atoms with E-state index < -0.39 is 11.5 Å². The summed E-state index contributed by atoms with van der Waals surface area (Å²) in [6.45, 7) is 2.29. The minimum absolute atomic E-state index is 0.122. The van der Waals surface area contributed by atoms with E-state index in [2.05, 4.69) is 10.3 Å². The fraction of sp³-hybridized carbons (Fsp3) is 0.200. The molecule has 3 rings (SSSR count). The maximum Gasteiger partial charge on any atom is 0.342 e. The standard InChI is InChI=1S/C20H18N4O3/c1-2-27-20(26)17-16-8-4-6-12-24(16)19(25)15(13-21)18(17)23-11-9-14-7-3-5-10-22-14/h3-8,10,12,23H,2,9,11H2,1H3. The molecule has 3 aromatic heterocycles. The van der Waals surface area contributed by atoms with Crippen LogP contribution < -0.4 is 10.9 Å². The molecule has 0 aliphatic rings. The number of aromatic nitrogens is 2. The van der Waals surface area contributed by atoms with Crippen molar-refractivity contribution in [2.45, 2.75) is 13.3 Å². The highest BCUT2D eigenvalue weighted by molar-refractivity contribution is 6.04. The van der Waals surface area contributed by atoms with Crippen LogP contribution in [0.15, 0.2) is 53.6 Å². The molecule has 0 aromatic carbocycles. The van der Waals surface area contributed by atoms with Gasteiger partial charge in [0, 0.05) is 31.1 Å². The number of fused-ring (bicyclic) bond motifs is 1. The fourth-order valence-corrected chi connectivity index (χ4v) is 2.86. The van der Waals surface area contributed by atoms with Gasteiger partial charge in [-0.05, 0) is 31.2 Å². The minimum atomic E-state index is -0.585. The molecule has 0 aliphatic heterocycles. The van der Waals surface area contributed by atoms with E-state index in [9.17, 15) is 14.9 Å². The molecule has 0 spiro atoms. The van der Waals surface area contributed by atoms with Gasteiger partial charge in [-0.15, -0.1) is 0 Å². The molecule has 0 saturated carbocycles. The number of carbonyl (C=O) groups is 1. The van der Waals surface area contributed by atoms with Crippen LogP contribution in [-0.2, 0) is 11.2 Å². The third kappa shape index (κ3) is 3.65. The van der Waals surface area contributed by atoms with Crippen LogP contribution in [0.2, 0.25) is 0 Å². The number of carbonyl (C=O) groups excluding carboxylic acids is 1. The summed E-state index contributed by atoms with van der Waals surface area (Å²) in [6.07, 6.45) is 3.80. The van der Waals surface area contributed by atoms with E-state index >= 15 is 0 Å². The molecule has 0 amide bonds. The van der Waals surface area contributed by atoms with Crippen LogP contribution >= 0.6 is 0 Å². The predicted molar refractivity (Wildman–Crippen MR) is 101 cm³/mol. The Morgan fingerprint density at radius 3 is 2.81 bits per heavy atom. The Kier molecular flexibility index (Phi) is 5.47. The third-order valence-corrected chi connectivity index (χ3v) is 4.05. The van der Waals surface area contributed by atoms with Crippen molar-refractivity contribution >= 4 is 17.2 Å². The molecule has 0 aliphatic carbocycles. The number of hydrogen-bond donors (Lipinski definition) is 1. The molecule has 1 N–H and O–H groups in total. The highest BCUT2D eigenvalue weighted by Crippen LogP contribution is 2.24. The van der Waals surface area contributed by atoms with Gasteiger partial charge in [0.25, 0.3) is 5.56 Å². The summed E-state index contributed by atoms with van der Waals surface area (Å²) < 4.78 is 6.45. The molecular weight excluding hydrogens is 344 g/mol. The van der Waals surface area contributed by atoms with Crippen molar-refractivity contribution in [2.75, 3.05) is 18.5 Å². The van der Waals surface area contributed by atoms with Crippen LogP contribution in [0.3, 0.4) is 0 Å². The number of hydrogen-bond acceptors (Lipinski definition) is 6. The van der Waals surface area contributed by atoms with Crippen molar-refractivity contribution in [1.29, 1.82) is 5.26 Å². The zero-order valence-electron chi connectivity index (χ0n) is 14.8. The van der Waals surface area contributed by atoms with Gasteiger partial charge in [-0.2, -0.15) is 5.26 Å². The van der Waals surface area contributed by atoms with Gasteiger partial charge < -0.3 is 10.1 Å². The maximum atomic E-state index is 12.7. The lowest BCUT2D eigenvalue weighted by atomic mass is 10.1. The summed E-state index contributed by atoms with van der Waals surface area (Å²) in [6, 6.07) is 12.6. The summed E-state index contributed by atoms with van der Waals surface area (Å²) in [5.74, 6) is -0.585. The van der Waals surface area contributed by atoms with Crippen molar-refractivity contribution in [3.63, 3.8) is 0 Å². The van der Waals surface area contributed by atoms with Crippen molar-refractivity contribution in [1.82, 2.24) is 9.38 Å². The average Bonchev–Trinajstić information content (AvgIpc) is 2.69. The van der Waals surface area contributed by atoms with Gasteiger partial charge in [0.15, 0.2) is 0 Å². The summed E-state index contributed by atoms with van der Waals surface area (Å²) >= 11 is 0. The first-order chi connectivity index (χ1) is 13.2. The molecule has 7 heteroatoms. The number of anilines is 1. The van der Waals surface area contributed by atoms with Gasteiger partial charge in [0.1, 0.15) is 17.2 Å². The lowest BCUT2D eigenvalue weighted by Gasteiger charge is -2.15. The third-order valence-electron chi connectivity index (χ3n) is 4.05. The van der Waals surface area contributed by atoms with Crippen LogP contribution in [0.5, 0.6) is 0 Å². The summed E-state index contributed by atoms with van der Waals surface area (Å²) in [4.78, 5) is 29.5. The Labute approximate surface area is 155 Å². The Balaban J connectivity index is 2.08. The van der Waals surface area contributed by atoms with Gasteiger partial charge in [0.2, 0.25) is 0 Å². The van der Waals surface area contributed by atoms with Gasteiger partial charge in [-0.3, -0.25) is 14.2 Å². The SMILES string of the molecule is CCOC(=O)c1c(NCCc2ccccn2)c(C#N)c(=O)n2ccccc12. The molecule has 0 fully saturated rings. The summed E-state index contributed by atoms with van der Waals surface area (Å²) in [5, 5.41) is 12.6. The number of nitrogens with one attached hydrogen (secondary N) is 1. The van der Waals surface area contributed by atoms with E-state index in [0.29, 0.717) is 18.5 Å². The molecule has 27 heavy (non-hydrogen) atoms. The predicted octanol–water partition coefficient (Wildman–Crippen LogP) is 2.40. The molecule has 0 unspecified atom stereocenters. The molecule has 0 saturated heterocycles. The largest absolute Gasteiger partial charge is 0.462 e. The maximum absolute atomic E-state index is 12.7. The normalized spacial score (nSPS) is 10.4. The van der Waals surface area contributed by atoms with Crippen molar-refractivity contribution in [2.24, 2.45) is 0 Å². The molecule has 3 heterocycles. The number of nitriles is 1. The van der Waals surface area contributed by atoms with Crippen LogP contribution in [0.4, 0.5) is 5.69 Å². The molecule has 3 aromatic rings. The first-order valence-electron chi connectivity index (χ1n) is 8.55. The molecule has 0 bridgehead atoms. The second-order valence-electron chi connectivity index (χ2n) is 5.72. The molecule has 7 nitrogen and oxygen atoms in total. The first kappa shape index (κ1) is 18.1. The second-order valence-corrected chi connectivity index (χ2v) is 5.72. The molecular formula is C20H18N4O3. The Bertz CT molecular complexity index is 1070. The van der Waals surface area contributed by atoms with E-state index in [4.69, 9.17) is 4.74 Å². The van der Waals surface area contributed by atoms with Crippen molar-refractivity contribution in [3.05, 3.63) is 76.0 Å². The fourth-order valence-electron chi connectivity index (χ4n) is 2.86. The Morgan fingerprint density at radius 2 is 2.11 bits per heavy atom. The monoisotopic (exact) mass is 362 g/mol. The topological polar surface area (TPSA) is 96.5 Å². The number of ether oxygens (including phenoxy) is 1. The van der Waals surface area contributed by atoms with Gasteiger partial charge in [-0.1, -0.05) is 12.1 Å². The lowest BCUT2D eigenvalue weighted by Crippen LogP contribution is -2.24. The highest BCUT2D eigenvalue weighted by atomic mass is 16.5. The Hall–Kier alpha value is -3.66. The first-order valence-corrected chi connectivity index (χ1v) is 8.55. The van der Waals surface area contributed by atoms with E-state index in [-0.39, 0.29) is 23.4 Å². The van der Waals surface area contributed by atoms with Crippen LogP contribution in [0, 0.1) is 11.3 Å². The number of esters is 1. The molecule has 136 valence electrons. The molecule has 0 atom stereocenters. The lowest BCUT2D eigenvalue weighted by molar-refractivity contribution is 0.0529. The van der Waals surface area contributed by atoms with E-state index in [0.717, 1.165) is 5.69 Å². The van der Waals surface area contributed by atoms with Gasteiger partial charge in [-0.25, -0.2) is 4.79 Å². The van der Waals surface area contributed by atoms with E-state index in [1.54, 1.807) is 31.3 Å². The van der Waals surface area contributed by atoms with E-state index in [1.165, 1.54) is 10.6 Å². The van der Waals surface area contributed by atoms with Crippen LogP contribution in [-0.4, -0.2) is 28.5 Å². The number of rotatable bonds is 6. The smallest absolute Gasteiger partial charge is 0.342 e. The quantitative estimate of drug-likeness (QED) is 0.677. The van der Waals surface area contributed by atoms with Gasteiger partial charge >= 0.3 is 5.97 Å². The molecule has 0 radical (unpaired) electrons. The van der Waals surface area contributed by atoms with E-state index in [1.807, 2.05) is 24.3 Å². The second kappa shape index (κ2) is 8.15. The zero-order valence-corrected chi connectivity index (χ0v) is 14.8. The minimum Gasteiger partial charge on any atom is -0.462 e. The Morgan fingerprint density at radius 1 is 1.30 bits per heavy atom. The van der Waals surface area contributed by atoms with Gasteiger partial charge in [0.05, 0.1) is 17.8 Å². The summed E-state index contributed by atoms with van der Waals surface area (Å²) in [7, 11) is 0. The van der Waals surface area contributed by atoms with Crippen LogP contribution in [0.25, 0.3) is 5.52 Å². The number of nitrogens with zero attached hydrogens (tertiary/aromatic N) is 3. The number of pyridine rings is 3. The summed E-state index contributed by atoms with van der Waals surface area (Å²) in [5.41, 5.74) is 1.01. The van der Waals surface area contributed by atoms with Crippen LogP contribution in [0.1, 0.15) is 28.5 Å².